The third-order valence-electron chi connectivity index (χ3n) is 3.58. The van der Waals surface area contributed by atoms with Crippen molar-refractivity contribution in [1.82, 2.24) is 9.61 Å². The minimum absolute atomic E-state index is 0.124. The van der Waals surface area contributed by atoms with Crippen LogP contribution in [0.3, 0.4) is 0 Å². The second-order valence-corrected chi connectivity index (χ2v) is 5.12. The lowest BCUT2D eigenvalue weighted by molar-refractivity contribution is -0.384. The van der Waals surface area contributed by atoms with E-state index in [-0.39, 0.29) is 29.1 Å². The zero-order valence-electron chi connectivity index (χ0n) is 13.2. The van der Waals surface area contributed by atoms with Crippen LogP contribution < -0.4 is 0 Å². The number of nitrogens with zero attached hydrogens (tertiary/aromatic N) is 3. The average Bonchev–Trinajstić information content (AvgIpc) is 3.01. The van der Waals surface area contributed by atoms with Crippen LogP contribution >= 0.6 is 0 Å². The van der Waals surface area contributed by atoms with E-state index in [4.69, 9.17) is 4.74 Å². The van der Waals surface area contributed by atoms with Crippen molar-refractivity contribution >= 4 is 23.0 Å². The summed E-state index contributed by atoms with van der Waals surface area (Å²) in [5.41, 5.74) is 0.706. The van der Waals surface area contributed by atoms with E-state index in [2.05, 4.69) is 5.10 Å². The van der Waals surface area contributed by atoms with Crippen molar-refractivity contribution in [2.24, 2.45) is 0 Å². The van der Waals surface area contributed by atoms with Crippen molar-refractivity contribution in [2.75, 3.05) is 6.61 Å². The quantitative estimate of drug-likeness (QED) is 0.306. The summed E-state index contributed by atoms with van der Waals surface area (Å²) in [4.78, 5) is 35.2. The number of non-ortho nitro benzene ring substituents is 1. The molecule has 3 rings (SSSR count). The Morgan fingerprint density at radius 2 is 2.04 bits per heavy atom. The van der Waals surface area contributed by atoms with E-state index in [1.165, 1.54) is 41.0 Å². The highest BCUT2D eigenvalue weighted by atomic mass is 16.6. The van der Waals surface area contributed by atoms with Gasteiger partial charge in [-0.1, -0.05) is 12.1 Å². The Bertz CT molecular complexity index is 993. The van der Waals surface area contributed by atoms with Gasteiger partial charge in [0.15, 0.2) is 0 Å². The topological polar surface area (TPSA) is 104 Å². The van der Waals surface area contributed by atoms with E-state index < -0.39 is 16.7 Å². The second kappa shape index (κ2) is 6.52. The van der Waals surface area contributed by atoms with Gasteiger partial charge in [0, 0.05) is 23.9 Å². The van der Waals surface area contributed by atoms with Crippen molar-refractivity contribution in [1.29, 1.82) is 0 Å². The minimum atomic E-state index is -0.574. The number of nitro benzene ring substituents is 1. The number of fused-ring (bicyclic) bond motifs is 1. The zero-order chi connectivity index (χ0) is 18.0. The average molecular weight is 339 g/mol. The first-order chi connectivity index (χ1) is 12.0. The monoisotopic (exact) mass is 339 g/mol. The molecule has 0 saturated heterocycles. The highest BCUT2D eigenvalue weighted by Gasteiger charge is 2.22. The summed E-state index contributed by atoms with van der Waals surface area (Å²) in [6.45, 7) is 1.88. The summed E-state index contributed by atoms with van der Waals surface area (Å²) in [5, 5.41) is 15.0. The van der Waals surface area contributed by atoms with Crippen LogP contribution in [0.15, 0.2) is 48.7 Å². The molecule has 25 heavy (non-hydrogen) atoms. The predicted octanol–water partition coefficient (Wildman–Crippen LogP) is 2.65. The largest absolute Gasteiger partial charge is 0.462 e. The highest BCUT2D eigenvalue weighted by Crippen LogP contribution is 2.21. The number of aromatic nitrogens is 2. The number of carbonyl (C=O) groups is 2. The first-order valence-electron chi connectivity index (χ1n) is 7.46. The van der Waals surface area contributed by atoms with Crippen LogP contribution in [0, 0.1) is 10.1 Å². The van der Waals surface area contributed by atoms with Crippen molar-refractivity contribution in [3.8, 4) is 0 Å². The Morgan fingerprint density at radius 1 is 1.24 bits per heavy atom. The molecular formula is C17H13N3O5. The van der Waals surface area contributed by atoms with Gasteiger partial charge in [-0.2, -0.15) is 5.10 Å². The third-order valence-corrected chi connectivity index (χ3v) is 3.58. The molecule has 0 aliphatic heterocycles. The molecule has 2 heterocycles. The number of carbonyl (C=O) groups excluding carboxylic acids is 2. The molecule has 0 amide bonds. The van der Waals surface area contributed by atoms with Gasteiger partial charge in [0.25, 0.3) is 5.69 Å². The van der Waals surface area contributed by atoms with Crippen LogP contribution in [0.5, 0.6) is 0 Å². The van der Waals surface area contributed by atoms with Crippen LogP contribution in [0.4, 0.5) is 5.69 Å². The van der Waals surface area contributed by atoms with Gasteiger partial charge in [0.1, 0.15) is 5.69 Å². The van der Waals surface area contributed by atoms with Gasteiger partial charge >= 0.3 is 5.97 Å². The van der Waals surface area contributed by atoms with Gasteiger partial charge in [-0.15, -0.1) is 0 Å². The summed E-state index contributed by atoms with van der Waals surface area (Å²) in [6, 6.07) is 10.1. The Morgan fingerprint density at radius 3 is 2.76 bits per heavy atom. The van der Waals surface area contributed by atoms with E-state index in [0.717, 1.165) is 0 Å². The molecule has 2 aromatic heterocycles. The smallest absolute Gasteiger partial charge is 0.340 e. The summed E-state index contributed by atoms with van der Waals surface area (Å²) >= 11 is 0. The van der Waals surface area contributed by atoms with Crippen molar-refractivity contribution in [3.63, 3.8) is 0 Å². The van der Waals surface area contributed by atoms with Gasteiger partial charge in [-0.3, -0.25) is 14.9 Å². The molecule has 0 radical (unpaired) electrons. The summed E-state index contributed by atoms with van der Waals surface area (Å²) in [6.07, 6.45) is 1.48. The van der Waals surface area contributed by atoms with Gasteiger partial charge in [-0.25, -0.2) is 9.31 Å². The molecule has 0 unspecified atom stereocenters. The maximum Gasteiger partial charge on any atom is 0.340 e. The SMILES string of the molecule is CCOC(=O)c1cc(C(=O)c2cccc([N+](=O)[O-])c2)n2ncccc12. The molecular weight excluding hydrogens is 326 g/mol. The molecule has 0 bridgehead atoms. The molecule has 0 aliphatic rings. The number of esters is 1. The van der Waals surface area contributed by atoms with Crippen molar-refractivity contribution < 1.29 is 19.2 Å². The fraction of sp³-hybridized carbons (Fsp3) is 0.118. The normalized spacial score (nSPS) is 10.6. The van der Waals surface area contributed by atoms with E-state index >= 15 is 0 Å². The molecule has 1 aromatic carbocycles. The van der Waals surface area contributed by atoms with Crippen LogP contribution in [-0.2, 0) is 4.74 Å². The molecule has 3 aromatic rings. The number of ketones is 1. The van der Waals surface area contributed by atoms with Gasteiger partial charge in [0.2, 0.25) is 5.78 Å². The molecule has 0 saturated carbocycles. The lowest BCUT2D eigenvalue weighted by atomic mass is 10.1. The number of ether oxygens (including phenoxy) is 1. The summed E-state index contributed by atoms with van der Waals surface area (Å²) in [5.74, 6) is -1.04. The summed E-state index contributed by atoms with van der Waals surface area (Å²) < 4.78 is 6.33. The van der Waals surface area contributed by atoms with Gasteiger partial charge in [0.05, 0.1) is 22.6 Å². The fourth-order valence-electron chi connectivity index (χ4n) is 2.48. The number of benzene rings is 1. The summed E-state index contributed by atoms with van der Waals surface area (Å²) in [7, 11) is 0. The van der Waals surface area contributed by atoms with E-state index in [9.17, 15) is 19.7 Å². The Balaban J connectivity index is 2.12. The van der Waals surface area contributed by atoms with Crippen molar-refractivity contribution in [3.05, 3.63) is 75.6 Å². The zero-order valence-corrected chi connectivity index (χ0v) is 13.2. The lowest BCUT2D eigenvalue weighted by Gasteiger charge is -2.01. The van der Waals surface area contributed by atoms with E-state index in [1.54, 1.807) is 19.1 Å². The Hall–Kier alpha value is -3.55. The van der Waals surface area contributed by atoms with Crippen molar-refractivity contribution in [2.45, 2.75) is 6.92 Å². The molecule has 0 aliphatic carbocycles. The number of hydrogen-bond acceptors (Lipinski definition) is 6. The first-order valence-corrected chi connectivity index (χ1v) is 7.46. The lowest BCUT2D eigenvalue weighted by Crippen LogP contribution is -2.07. The highest BCUT2D eigenvalue weighted by molar-refractivity contribution is 6.11. The molecule has 8 nitrogen and oxygen atoms in total. The Kier molecular flexibility index (Phi) is 4.25. The Labute approximate surface area is 141 Å². The third kappa shape index (κ3) is 2.97. The van der Waals surface area contributed by atoms with E-state index in [0.29, 0.717) is 5.52 Å². The van der Waals surface area contributed by atoms with Crippen LogP contribution in [0.2, 0.25) is 0 Å². The first kappa shape index (κ1) is 16.3. The van der Waals surface area contributed by atoms with Crippen LogP contribution in [0.25, 0.3) is 5.52 Å². The van der Waals surface area contributed by atoms with Gasteiger partial charge in [-0.05, 0) is 25.1 Å². The molecule has 8 heteroatoms. The molecule has 0 fully saturated rings. The molecule has 0 atom stereocenters. The number of nitro groups is 1. The maximum atomic E-state index is 12.8. The van der Waals surface area contributed by atoms with Crippen LogP contribution in [-0.4, -0.2) is 32.9 Å². The van der Waals surface area contributed by atoms with Gasteiger partial charge < -0.3 is 4.74 Å². The molecule has 0 N–H and O–H groups in total. The van der Waals surface area contributed by atoms with Crippen LogP contribution in [0.1, 0.15) is 33.3 Å². The maximum absolute atomic E-state index is 12.8. The number of hydrogen-bond donors (Lipinski definition) is 0. The minimum Gasteiger partial charge on any atom is -0.462 e. The van der Waals surface area contributed by atoms with E-state index in [1.807, 2.05) is 0 Å². The molecule has 126 valence electrons. The molecule has 0 spiro atoms. The number of rotatable bonds is 5. The fourth-order valence-corrected chi connectivity index (χ4v) is 2.48. The standard InChI is InChI=1S/C17H13N3O5/c1-2-25-17(22)13-10-15(19-14(13)7-4-8-18-19)16(21)11-5-3-6-12(9-11)20(23)24/h3-10H,2H2,1H3. The predicted molar refractivity (Wildman–Crippen MR) is 87.7 cm³/mol. The second-order valence-electron chi connectivity index (χ2n) is 5.12.